The number of anilines is 1. The first-order valence-corrected chi connectivity index (χ1v) is 7.13. The van der Waals surface area contributed by atoms with Crippen LogP contribution in [0.5, 0.6) is 0 Å². The van der Waals surface area contributed by atoms with E-state index in [1.165, 1.54) is 12.1 Å². The first kappa shape index (κ1) is 13.3. The molecule has 0 saturated heterocycles. The Bertz CT molecular complexity index is 641. The zero-order valence-electron chi connectivity index (χ0n) is 11.2. The molecule has 1 heterocycles. The minimum atomic E-state index is -0.319. The Balaban J connectivity index is 2.09. The molecule has 0 amide bonds. The maximum Gasteiger partial charge on any atom is 0.134 e. The molecule has 20 heavy (non-hydrogen) atoms. The summed E-state index contributed by atoms with van der Waals surface area (Å²) in [5, 5.41) is 3.68. The number of rotatable bonds is 4. The van der Waals surface area contributed by atoms with E-state index in [1.807, 2.05) is 13.0 Å². The Morgan fingerprint density at radius 3 is 2.80 bits per heavy atom. The van der Waals surface area contributed by atoms with E-state index >= 15 is 0 Å². The van der Waals surface area contributed by atoms with Crippen LogP contribution in [-0.4, -0.2) is 16.5 Å². The van der Waals surface area contributed by atoms with Crippen LogP contribution < -0.4 is 5.32 Å². The molecule has 1 saturated carbocycles. The molecule has 2 aromatic rings. The van der Waals surface area contributed by atoms with Crippen molar-refractivity contribution in [3.8, 4) is 11.3 Å². The van der Waals surface area contributed by atoms with Gasteiger partial charge in [-0.05, 0) is 38.0 Å². The van der Waals surface area contributed by atoms with Crippen LogP contribution in [0.3, 0.4) is 0 Å². The van der Waals surface area contributed by atoms with E-state index in [1.54, 1.807) is 6.07 Å². The van der Waals surface area contributed by atoms with Crippen molar-refractivity contribution in [2.75, 3.05) is 11.9 Å². The third-order valence-electron chi connectivity index (χ3n) is 3.25. The van der Waals surface area contributed by atoms with Gasteiger partial charge in [0.05, 0.1) is 10.7 Å². The summed E-state index contributed by atoms with van der Waals surface area (Å²) < 4.78 is 13.4. The standard InChI is InChI=1S/C15H15ClFN3/c1-2-18-14-8-13(19-15(20-14)9-3-4-9)11-7-10(17)5-6-12(11)16/h5-9H,2-4H2,1H3,(H,18,19,20). The summed E-state index contributed by atoms with van der Waals surface area (Å²) in [5.41, 5.74) is 1.28. The van der Waals surface area contributed by atoms with E-state index in [9.17, 15) is 4.39 Å². The molecule has 104 valence electrons. The number of hydrogen-bond acceptors (Lipinski definition) is 3. The molecule has 1 N–H and O–H groups in total. The van der Waals surface area contributed by atoms with E-state index in [4.69, 9.17) is 11.6 Å². The molecule has 1 aromatic heterocycles. The fourth-order valence-corrected chi connectivity index (χ4v) is 2.31. The smallest absolute Gasteiger partial charge is 0.134 e. The van der Waals surface area contributed by atoms with Crippen molar-refractivity contribution in [1.29, 1.82) is 0 Å². The molecule has 1 aliphatic carbocycles. The molecule has 1 aromatic carbocycles. The molecule has 0 atom stereocenters. The third-order valence-corrected chi connectivity index (χ3v) is 3.58. The van der Waals surface area contributed by atoms with Crippen molar-refractivity contribution in [2.24, 2.45) is 0 Å². The second kappa shape index (κ2) is 5.37. The molecule has 1 fully saturated rings. The van der Waals surface area contributed by atoms with Gasteiger partial charge in [0.15, 0.2) is 0 Å². The predicted octanol–water partition coefficient (Wildman–Crippen LogP) is 4.25. The summed E-state index contributed by atoms with van der Waals surface area (Å²) in [6.45, 7) is 2.78. The predicted molar refractivity (Wildman–Crippen MR) is 78.6 cm³/mol. The summed E-state index contributed by atoms with van der Waals surface area (Å²) in [4.78, 5) is 9.05. The normalized spacial score (nSPS) is 14.3. The Hall–Kier alpha value is -1.68. The number of nitrogens with one attached hydrogen (secondary N) is 1. The van der Waals surface area contributed by atoms with Gasteiger partial charge in [-0.3, -0.25) is 0 Å². The van der Waals surface area contributed by atoms with Crippen molar-refractivity contribution in [3.63, 3.8) is 0 Å². The van der Waals surface area contributed by atoms with E-state index in [0.29, 0.717) is 22.2 Å². The lowest BCUT2D eigenvalue weighted by Gasteiger charge is -2.10. The minimum absolute atomic E-state index is 0.319. The maximum atomic E-state index is 13.4. The van der Waals surface area contributed by atoms with E-state index in [-0.39, 0.29) is 5.82 Å². The van der Waals surface area contributed by atoms with Gasteiger partial charge < -0.3 is 5.32 Å². The van der Waals surface area contributed by atoms with E-state index in [0.717, 1.165) is 31.0 Å². The highest BCUT2D eigenvalue weighted by Gasteiger charge is 2.27. The monoisotopic (exact) mass is 291 g/mol. The SMILES string of the molecule is CCNc1cc(-c2cc(F)ccc2Cl)nc(C2CC2)n1. The molecule has 0 spiro atoms. The topological polar surface area (TPSA) is 37.8 Å². The number of nitrogens with zero attached hydrogens (tertiary/aromatic N) is 2. The second-order valence-corrected chi connectivity index (χ2v) is 5.33. The first-order valence-electron chi connectivity index (χ1n) is 6.75. The molecule has 0 unspecified atom stereocenters. The van der Waals surface area contributed by atoms with Crippen molar-refractivity contribution in [1.82, 2.24) is 9.97 Å². The Morgan fingerprint density at radius 2 is 2.10 bits per heavy atom. The summed E-state index contributed by atoms with van der Waals surface area (Å²) in [6.07, 6.45) is 2.23. The molecule has 1 aliphatic rings. The fraction of sp³-hybridized carbons (Fsp3) is 0.333. The van der Waals surface area contributed by atoms with E-state index < -0.39 is 0 Å². The van der Waals surface area contributed by atoms with Gasteiger partial charge in [0, 0.05) is 24.1 Å². The van der Waals surface area contributed by atoms with Gasteiger partial charge in [-0.15, -0.1) is 0 Å². The van der Waals surface area contributed by atoms with Crippen LogP contribution >= 0.6 is 11.6 Å². The third kappa shape index (κ3) is 2.75. The lowest BCUT2D eigenvalue weighted by molar-refractivity contribution is 0.628. The molecule has 0 aliphatic heterocycles. The summed E-state index contributed by atoms with van der Waals surface area (Å²) in [7, 11) is 0. The van der Waals surface area contributed by atoms with Crippen LogP contribution in [0.4, 0.5) is 10.2 Å². The van der Waals surface area contributed by atoms with Crippen LogP contribution in [-0.2, 0) is 0 Å². The highest BCUT2D eigenvalue weighted by atomic mass is 35.5. The van der Waals surface area contributed by atoms with Crippen LogP contribution in [0.1, 0.15) is 31.5 Å². The van der Waals surface area contributed by atoms with Crippen molar-refractivity contribution < 1.29 is 4.39 Å². The molecule has 5 heteroatoms. The first-order chi connectivity index (χ1) is 9.67. The molecular formula is C15H15ClFN3. The van der Waals surface area contributed by atoms with Gasteiger partial charge in [0.2, 0.25) is 0 Å². The Morgan fingerprint density at radius 1 is 1.30 bits per heavy atom. The molecule has 0 radical (unpaired) electrons. The van der Waals surface area contributed by atoms with Crippen LogP contribution in [0.15, 0.2) is 24.3 Å². The number of benzene rings is 1. The lowest BCUT2D eigenvalue weighted by atomic mass is 10.1. The Labute approximate surface area is 122 Å². The van der Waals surface area contributed by atoms with Crippen molar-refractivity contribution in [3.05, 3.63) is 40.9 Å². The molecule has 3 nitrogen and oxygen atoms in total. The van der Waals surface area contributed by atoms with Gasteiger partial charge in [-0.1, -0.05) is 11.6 Å². The number of hydrogen-bond donors (Lipinski definition) is 1. The molecule has 3 rings (SSSR count). The summed E-state index contributed by atoms with van der Waals surface area (Å²) in [5.74, 6) is 1.69. The summed E-state index contributed by atoms with van der Waals surface area (Å²) >= 11 is 6.16. The van der Waals surface area contributed by atoms with Crippen LogP contribution in [0.2, 0.25) is 5.02 Å². The van der Waals surface area contributed by atoms with Crippen molar-refractivity contribution in [2.45, 2.75) is 25.7 Å². The average molecular weight is 292 g/mol. The molecular weight excluding hydrogens is 277 g/mol. The number of halogens is 2. The highest BCUT2D eigenvalue weighted by molar-refractivity contribution is 6.33. The number of aromatic nitrogens is 2. The lowest BCUT2D eigenvalue weighted by Crippen LogP contribution is -2.04. The minimum Gasteiger partial charge on any atom is -0.370 e. The fourth-order valence-electron chi connectivity index (χ4n) is 2.09. The van der Waals surface area contributed by atoms with E-state index in [2.05, 4.69) is 15.3 Å². The van der Waals surface area contributed by atoms with Gasteiger partial charge in [0.25, 0.3) is 0 Å². The zero-order valence-corrected chi connectivity index (χ0v) is 11.9. The summed E-state index contributed by atoms with van der Waals surface area (Å²) in [6, 6.07) is 6.13. The zero-order chi connectivity index (χ0) is 14.1. The van der Waals surface area contributed by atoms with Gasteiger partial charge in [-0.2, -0.15) is 0 Å². The quantitative estimate of drug-likeness (QED) is 0.915. The van der Waals surface area contributed by atoms with Crippen LogP contribution in [0.25, 0.3) is 11.3 Å². The maximum absolute atomic E-state index is 13.4. The average Bonchev–Trinajstić information content (AvgIpc) is 3.26. The highest BCUT2D eigenvalue weighted by Crippen LogP contribution is 2.39. The van der Waals surface area contributed by atoms with Gasteiger partial charge >= 0.3 is 0 Å². The Kier molecular flexibility index (Phi) is 3.57. The second-order valence-electron chi connectivity index (χ2n) is 4.93. The van der Waals surface area contributed by atoms with Gasteiger partial charge in [0.1, 0.15) is 17.5 Å². The van der Waals surface area contributed by atoms with Crippen molar-refractivity contribution >= 4 is 17.4 Å². The van der Waals surface area contributed by atoms with Gasteiger partial charge in [-0.25, -0.2) is 14.4 Å². The largest absolute Gasteiger partial charge is 0.370 e. The van der Waals surface area contributed by atoms with Crippen LogP contribution in [0, 0.1) is 5.82 Å². The molecule has 0 bridgehead atoms.